The smallest absolute Gasteiger partial charge is 0.254 e. The molecule has 4 rings (SSSR count). The third-order valence-corrected chi connectivity index (χ3v) is 4.01. The van der Waals surface area contributed by atoms with Gasteiger partial charge in [0.15, 0.2) is 11.5 Å². The van der Waals surface area contributed by atoms with Crippen molar-refractivity contribution in [1.29, 1.82) is 0 Å². The van der Waals surface area contributed by atoms with Crippen molar-refractivity contribution in [3.63, 3.8) is 0 Å². The Kier molecular flexibility index (Phi) is 4.82. The maximum Gasteiger partial charge on any atom is 0.254 e. The molecule has 0 aliphatic carbocycles. The van der Waals surface area contributed by atoms with Gasteiger partial charge in [-0.3, -0.25) is 4.79 Å². The first-order valence-corrected chi connectivity index (χ1v) is 8.59. The van der Waals surface area contributed by atoms with Crippen LogP contribution in [0.5, 0.6) is 11.5 Å². The minimum absolute atomic E-state index is 0.218. The van der Waals surface area contributed by atoms with E-state index in [1.165, 1.54) is 12.4 Å². The van der Waals surface area contributed by atoms with Gasteiger partial charge in [0, 0.05) is 30.7 Å². The van der Waals surface area contributed by atoms with Crippen molar-refractivity contribution in [1.82, 2.24) is 15.3 Å². The van der Waals surface area contributed by atoms with Gasteiger partial charge in [-0.15, -0.1) is 0 Å². The summed E-state index contributed by atoms with van der Waals surface area (Å²) in [7, 11) is 0. The molecule has 0 bridgehead atoms. The summed E-state index contributed by atoms with van der Waals surface area (Å²) in [5.74, 6) is 1.58. The molecule has 0 spiro atoms. The maximum atomic E-state index is 12.2. The molecule has 0 saturated heterocycles. The van der Waals surface area contributed by atoms with E-state index in [-0.39, 0.29) is 5.91 Å². The Labute approximate surface area is 156 Å². The van der Waals surface area contributed by atoms with E-state index in [9.17, 15) is 4.79 Å². The lowest BCUT2D eigenvalue weighted by molar-refractivity contribution is 0.0950. The zero-order valence-electron chi connectivity index (χ0n) is 14.5. The summed E-state index contributed by atoms with van der Waals surface area (Å²) in [6, 6.07) is 15.2. The second-order valence-corrected chi connectivity index (χ2v) is 5.95. The maximum absolute atomic E-state index is 12.2. The zero-order valence-corrected chi connectivity index (χ0v) is 14.5. The molecule has 1 aliphatic heterocycles. The van der Waals surface area contributed by atoms with E-state index in [2.05, 4.69) is 20.6 Å². The van der Waals surface area contributed by atoms with E-state index in [0.29, 0.717) is 37.0 Å². The molecule has 7 heteroatoms. The lowest BCUT2D eigenvalue weighted by Crippen LogP contribution is -2.23. The van der Waals surface area contributed by atoms with Crippen molar-refractivity contribution in [2.24, 2.45) is 0 Å². The van der Waals surface area contributed by atoms with Crippen LogP contribution in [0, 0.1) is 0 Å². The topological polar surface area (TPSA) is 85.4 Å². The van der Waals surface area contributed by atoms with Crippen molar-refractivity contribution in [3.8, 4) is 11.5 Å². The predicted octanol–water partition coefficient (Wildman–Crippen LogP) is 2.92. The highest BCUT2D eigenvalue weighted by molar-refractivity contribution is 5.93. The normalized spacial score (nSPS) is 12.3. The first kappa shape index (κ1) is 16.8. The Morgan fingerprint density at radius 1 is 0.963 bits per heavy atom. The molecule has 27 heavy (non-hydrogen) atoms. The van der Waals surface area contributed by atoms with Gasteiger partial charge in [-0.05, 0) is 17.7 Å². The van der Waals surface area contributed by atoms with Crippen molar-refractivity contribution >= 4 is 17.5 Å². The Balaban J connectivity index is 1.38. The summed E-state index contributed by atoms with van der Waals surface area (Å²) >= 11 is 0. The number of nitrogens with zero attached hydrogens (tertiary/aromatic N) is 2. The number of nitrogens with one attached hydrogen (secondary N) is 2. The molecule has 0 atom stereocenters. The minimum Gasteiger partial charge on any atom is -0.486 e. The average Bonchev–Trinajstić information content (AvgIpc) is 2.73. The minimum atomic E-state index is -0.218. The van der Waals surface area contributed by atoms with Crippen LogP contribution in [-0.4, -0.2) is 29.1 Å². The van der Waals surface area contributed by atoms with Gasteiger partial charge in [-0.1, -0.05) is 30.3 Å². The molecule has 7 nitrogen and oxygen atoms in total. The van der Waals surface area contributed by atoms with Crippen LogP contribution in [-0.2, 0) is 6.54 Å². The lowest BCUT2D eigenvalue weighted by atomic mass is 10.2. The fourth-order valence-electron chi connectivity index (χ4n) is 2.64. The third-order valence-electron chi connectivity index (χ3n) is 4.01. The number of rotatable bonds is 5. The Morgan fingerprint density at radius 2 is 1.70 bits per heavy atom. The average molecular weight is 362 g/mol. The van der Waals surface area contributed by atoms with E-state index in [4.69, 9.17) is 9.47 Å². The molecule has 1 aromatic heterocycles. The molecule has 1 aliphatic rings. The first-order valence-electron chi connectivity index (χ1n) is 8.59. The molecule has 2 N–H and O–H groups in total. The molecule has 0 radical (unpaired) electrons. The second-order valence-electron chi connectivity index (χ2n) is 5.95. The number of aromatic nitrogens is 2. The molecular weight excluding hydrogens is 344 g/mol. The van der Waals surface area contributed by atoms with Gasteiger partial charge in [0.05, 0.1) is 5.56 Å². The molecule has 2 aromatic carbocycles. The van der Waals surface area contributed by atoms with Gasteiger partial charge in [-0.25, -0.2) is 9.97 Å². The van der Waals surface area contributed by atoms with Crippen LogP contribution in [0.2, 0.25) is 0 Å². The summed E-state index contributed by atoms with van der Waals surface area (Å²) in [6.45, 7) is 1.54. The lowest BCUT2D eigenvalue weighted by Gasteiger charge is -2.18. The summed E-state index contributed by atoms with van der Waals surface area (Å²) in [4.78, 5) is 20.6. The number of ether oxygens (including phenoxy) is 2. The number of fused-ring (bicyclic) bond motifs is 1. The Bertz CT molecular complexity index is 930. The molecule has 0 fully saturated rings. The van der Waals surface area contributed by atoms with Crippen LogP contribution in [0.25, 0.3) is 0 Å². The van der Waals surface area contributed by atoms with Crippen molar-refractivity contribution < 1.29 is 14.3 Å². The van der Waals surface area contributed by atoms with Crippen LogP contribution in [0.15, 0.2) is 60.9 Å². The highest BCUT2D eigenvalue weighted by Gasteiger charge is 2.12. The largest absolute Gasteiger partial charge is 0.486 e. The molecule has 1 amide bonds. The number of carbonyl (C=O) groups is 1. The highest BCUT2D eigenvalue weighted by Crippen LogP contribution is 2.33. The van der Waals surface area contributed by atoms with Crippen LogP contribution < -0.4 is 20.1 Å². The van der Waals surface area contributed by atoms with E-state index in [0.717, 1.165) is 17.0 Å². The SMILES string of the molecule is O=C(NCc1ccccc1)c1cnc(Nc2ccc3c(c2)OCCO3)nc1. The van der Waals surface area contributed by atoms with Crippen molar-refractivity contribution in [3.05, 3.63) is 72.1 Å². The number of hydrogen-bond acceptors (Lipinski definition) is 6. The Morgan fingerprint density at radius 3 is 2.48 bits per heavy atom. The molecular formula is C20H18N4O3. The number of anilines is 2. The van der Waals surface area contributed by atoms with E-state index in [1.54, 1.807) is 0 Å². The van der Waals surface area contributed by atoms with Crippen LogP contribution >= 0.6 is 0 Å². The van der Waals surface area contributed by atoms with Gasteiger partial charge in [0.1, 0.15) is 13.2 Å². The number of hydrogen-bond donors (Lipinski definition) is 2. The molecule has 2 heterocycles. The van der Waals surface area contributed by atoms with Crippen molar-refractivity contribution in [2.45, 2.75) is 6.54 Å². The Hall–Kier alpha value is -3.61. The summed E-state index contributed by atoms with van der Waals surface area (Å²) in [5, 5.41) is 5.94. The van der Waals surface area contributed by atoms with Crippen LogP contribution in [0.1, 0.15) is 15.9 Å². The van der Waals surface area contributed by atoms with E-state index >= 15 is 0 Å². The van der Waals surface area contributed by atoms with Crippen LogP contribution in [0.3, 0.4) is 0 Å². The van der Waals surface area contributed by atoms with E-state index < -0.39 is 0 Å². The van der Waals surface area contributed by atoms with Gasteiger partial charge in [-0.2, -0.15) is 0 Å². The highest BCUT2D eigenvalue weighted by atomic mass is 16.6. The second kappa shape index (κ2) is 7.74. The van der Waals surface area contributed by atoms with Crippen molar-refractivity contribution in [2.75, 3.05) is 18.5 Å². The summed E-state index contributed by atoms with van der Waals surface area (Å²) in [6.07, 6.45) is 2.99. The van der Waals surface area contributed by atoms with E-state index in [1.807, 2.05) is 48.5 Å². The monoisotopic (exact) mass is 362 g/mol. The molecule has 0 unspecified atom stereocenters. The first-order chi connectivity index (χ1) is 13.3. The van der Waals surface area contributed by atoms with Gasteiger partial charge in [0.25, 0.3) is 5.91 Å². The molecule has 136 valence electrons. The molecule has 3 aromatic rings. The number of carbonyl (C=O) groups excluding carboxylic acids is 1. The number of amides is 1. The quantitative estimate of drug-likeness (QED) is 0.726. The molecule has 0 saturated carbocycles. The fourth-order valence-corrected chi connectivity index (χ4v) is 2.64. The third kappa shape index (κ3) is 4.14. The van der Waals surface area contributed by atoms with Crippen LogP contribution in [0.4, 0.5) is 11.6 Å². The van der Waals surface area contributed by atoms with Gasteiger partial charge in [0.2, 0.25) is 5.95 Å². The standard InChI is InChI=1S/C20H18N4O3/c25-19(21-11-14-4-2-1-3-5-14)15-12-22-20(23-13-15)24-16-6-7-17-18(10-16)27-9-8-26-17/h1-7,10,12-13H,8-9,11H2,(H,21,25)(H,22,23,24). The number of benzene rings is 2. The summed E-state index contributed by atoms with van der Waals surface area (Å²) in [5.41, 5.74) is 2.21. The van der Waals surface area contributed by atoms with Gasteiger partial charge >= 0.3 is 0 Å². The van der Waals surface area contributed by atoms with Gasteiger partial charge < -0.3 is 20.1 Å². The summed E-state index contributed by atoms with van der Waals surface area (Å²) < 4.78 is 11.1. The predicted molar refractivity (Wildman–Crippen MR) is 100 cm³/mol. The zero-order chi connectivity index (χ0) is 18.5. The fraction of sp³-hybridized carbons (Fsp3) is 0.150.